The Morgan fingerprint density at radius 3 is 2.73 bits per heavy atom. The Hall–Kier alpha value is -1.10. The van der Waals surface area contributed by atoms with E-state index in [1.54, 1.807) is 0 Å². The van der Waals surface area contributed by atoms with Crippen LogP contribution in [0.2, 0.25) is 0 Å². The number of hydrogen-bond donors (Lipinski definition) is 1. The van der Waals surface area contributed by atoms with E-state index in [0.29, 0.717) is 25.4 Å². The van der Waals surface area contributed by atoms with Crippen molar-refractivity contribution in [1.82, 2.24) is 4.90 Å². The molecule has 1 fully saturated rings. The fourth-order valence-corrected chi connectivity index (χ4v) is 2.67. The average Bonchev–Trinajstić information content (AvgIpc) is 3.03. The highest BCUT2D eigenvalue weighted by molar-refractivity contribution is 5.85. The minimum atomic E-state index is 0. The Labute approximate surface area is 139 Å². The molecule has 1 aromatic rings. The van der Waals surface area contributed by atoms with Gasteiger partial charge in [-0.25, -0.2) is 0 Å². The highest BCUT2D eigenvalue weighted by Crippen LogP contribution is 2.19. The Kier molecular flexibility index (Phi) is 9.13. The normalized spacial score (nSPS) is 17.0. The van der Waals surface area contributed by atoms with Gasteiger partial charge in [-0.1, -0.05) is 30.3 Å². The lowest BCUT2D eigenvalue weighted by atomic mass is 10.0. The molecule has 0 spiro atoms. The Bertz CT molecular complexity index is 422. The molecule has 0 radical (unpaired) electrons. The van der Waals surface area contributed by atoms with Gasteiger partial charge in [0.15, 0.2) is 0 Å². The molecule has 22 heavy (non-hydrogen) atoms. The van der Waals surface area contributed by atoms with Crippen LogP contribution in [0.5, 0.6) is 0 Å². The van der Waals surface area contributed by atoms with Crippen molar-refractivity contribution < 1.29 is 9.53 Å². The molecule has 1 atom stereocenters. The second kappa shape index (κ2) is 10.6. The monoisotopic (exact) mass is 326 g/mol. The van der Waals surface area contributed by atoms with Gasteiger partial charge in [-0.3, -0.25) is 4.79 Å². The molecule has 5 heteroatoms. The topological polar surface area (TPSA) is 55.6 Å². The summed E-state index contributed by atoms with van der Waals surface area (Å²) in [6.07, 6.45) is 3.50. The van der Waals surface area contributed by atoms with Crippen molar-refractivity contribution in [2.24, 2.45) is 11.7 Å². The van der Waals surface area contributed by atoms with Crippen molar-refractivity contribution in [2.45, 2.75) is 32.2 Å². The van der Waals surface area contributed by atoms with Crippen molar-refractivity contribution in [3.05, 3.63) is 35.9 Å². The minimum absolute atomic E-state index is 0. The number of amides is 1. The van der Waals surface area contributed by atoms with Crippen molar-refractivity contribution >= 4 is 18.3 Å². The van der Waals surface area contributed by atoms with E-state index in [4.69, 9.17) is 10.5 Å². The molecule has 1 aromatic carbocycles. The van der Waals surface area contributed by atoms with Crippen molar-refractivity contribution in [3.63, 3.8) is 0 Å². The van der Waals surface area contributed by atoms with Crippen LogP contribution in [0.4, 0.5) is 0 Å². The number of benzene rings is 1. The van der Waals surface area contributed by atoms with E-state index in [1.165, 1.54) is 5.56 Å². The van der Waals surface area contributed by atoms with Crippen LogP contribution >= 0.6 is 12.4 Å². The maximum atomic E-state index is 12.5. The van der Waals surface area contributed by atoms with Crippen LogP contribution in [0.1, 0.15) is 31.2 Å². The van der Waals surface area contributed by atoms with E-state index < -0.39 is 0 Å². The molecule has 1 aliphatic heterocycles. The zero-order chi connectivity index (χ0) is 14.9. The predicted octanol–water partition coefficient (Wildman–Crippen LogP) is 2.60. The molecule has 2 N–H and O–H groups in total. The first kappa shape index (κ1) is 18.9. The van der Waals surface area contributed by atoms with E-state index in [9.17, 15) is 4.79 Å². The largest absolute Gasteiger partial charge is 0.381 e. The standard InChI is InChI=1S/C17H26N2O2.ClH/c18-10-4-11-19(13-15-5-2-1-3-6-15)17(20)8-7-16-9-12-21-14-16;/h1-3,5-6,16H,4,7-14,18H2;1H. The Morgan fingerprint density at radius 1 is 1.32 bits per heavy atom. The zero-order valence-corrected chi connectivity index (χ0v) is 13.9. The molecule has 4 nitrogen and oxygen atoms in total. The molecule has 0 saturated carbocycles. The van der Waals surface area contributed by atoms with E-state index in [1.807, 2.05) is 23.1 Å². The molecule has 1 amide bonds. The highest BCUT2D eigenvalue weighted by Gasteiger charge is 2.19. The number of carbonyl (C=O) groups excluding carboxylic acids is 1. The van der Waals surface area contributed by atoms with Crippen LogP contribution in [-0.4, -0.2) is 37.1 Å². The fourth-order valence-electron chi connectivity index (χ4n) is 2.67. The number of halogens is 1. The van der Waals surface area contributed by atoms with E-state index in [0.717, 1.165) is 39.0 Å². The molecule has 1 aliphatic rings. The first-order chi connectivity index (χ1) is 10.3. The summed E-state index contributed by atoms with van der Waals surface area (Å²) in [5.74, 6) is 0.793. The summed E-state index contributed by atoms with van der Waals surface area (Å²) in [6.45, 7) is 3.70. The third-order valence-electron chi connectivity index (χ3n) is 3.99. The number of ether oxygens (including phenoxy) is 1. The molecule has 1 heterocycles. The Morgan fingerprint density at radius 2 is 2.09 bits per heavy atom. The van der Waals surface area contributed by atoms with Gasteiger partial charge in [-0.2, -0.15) is 0 Å². The van der Waals surface area contributed by atoms with Gasteiger partial charge in [-0.05, 0) is 37.3 Å². The van der Waals surface area contributed by atoms with Crippen LogP contribution in [-0.2, 0) is 16.1 Å². The van der Waals surface area contributed by atoms with Gasteiger partial charge >= 0.3 is 0 Å². The SMILES string of the molecule is Cl.NCCCN(Cc1ccccc1)C(=O)CCC1CCOC1. The van der Waals surface area contributed by atoms with Gasteiger partial charge < -0.3 is 15.4 Å². The molecule has 124 valence electrons. The first-order valence-corrected chi connectivity index (χ1v) is 7.89. The molecule has 1 saturated heterocycles. The summed E-state index contributed by atoms with van der Waals surface area (Å²) in [5.41, 5.74) is 6.76. The van der Waals surface area contributed by atoms with Gasteiger partial charge in [0.25, 0.3) is 0 Å². The summed E-state index contributed by atoms with van der Waals surface area (Å²) in [5, 5.41) is 0. The maximum Gasteiger partial charge on any atom is 0.222 e. The fraction of sp³-hybridized carbons (Fsp3) is 0.588. The lowest BCUT2D eigenvalue weighted by Gasteiger charge is -2.23. The maximum absolute atomic E-state index is 12.5. The van der Waals surface area contributed by atoms with Gasteiger partial charge in [0.05, 0.1) is 0 Å². The third kappa shape index (κ3) is 6.34. The molecule has 2 rings (SSSR count). The minimum Gasteiger partial charge on any atom is -0.381 e. The summed E-state index contributed by atoms with van der Waals surface area (Å²) in [4.78, 5) is 14.4. The first-order valence-electron chi connectivity index (χ1n) is 7.89. The number of rotatable bonds is 8. The van der Waals surface area contributed by atoms with Crippen LogP contribution in [0.3, 0.4) is 0 Å². The van der Waals surface area contributed by atoms with E-state index in [2.05, 4.69) is 12.1 Å². The number of nitrogens with zero attached hydrogens (tertiary/aromatic N) is 1. The Balaban J connectivity index is 0.00000242. The molecule has 0 aliphatic carbocycles. The van der Waals surface area contributed by atoms with Crippen LogP contribution in [0.15, 0.2) is 30.3 Å². The molecular formula is C17H27ClN2O2. The van der Waals surface area contributed by atoms with Crippen molar-refractivity contribution in [3.8, 4) is 0 Å². The van der Waals surface area contributed by atoms with Crippen LogP contribution in [0.25, 0.3) is 0 Å². The van der Waals surface area contributed by atoms with Crippen molar-refractivity contribution in [2.75, 3.05) is 26.3 Å². The summed E-state index contributed by atoms with van der Waals surface area (Å²) in [6, 6.07) is 10.1. The number of nitrogens with two attached hydrogens (primary N) is 1. The lowest BCUT2D eigenvalue weighted by Crippen LogP contribution is -2.32. The van der Waals surface area contributed by atoms with Gasteiger partial charge in [0.1, 0.15) is 0 Å². The lowest BCUT2D eigenvalue weighted by molar-refractivity contribution is -0.132. The second-order valence-corrected chi connectivity index (χ2v) is 5.71. The summed E-state index contributed by atoms with van der Waals surface area (Å²) in [7, 11) is 0. The summed E-state index contributed by atoms with van der Waals surface area (Å²) < 4.78 is 5.37. The van der Waals surface area contributed by atoms with Crippen LogP contribution < -0.4 is 5.73 Å². The van der Waals surface area contributed by atoms with E-state index in [-0.39, 0.29) is 18.3 Å². The number of hydrogen-bond acceptors (Lipinski definition) is 3. The molecule has 0 aromatic heterocycles. The molecular weight excluding hydrogens is 300 g/mol. The molecule has 1 unspecified atom stereocenters. The van der Waals surface area contributed by atoms with Gasteiger partial charge in [0, 0.05) is 32.7 Å². The zero-order valence-electron chi connectivity index (χ0n) is 13.1. The van der Waals surface area contributed by atoms with E-state index >= 15 is 0 Å². The summed E-state index contributed by atoms with van der Waals surface area (Å²) >= 11 is 0. The second-order valence-electron chi connectivity index (χ2n) is 5.71. The smallest absolute Gasteiger partial charge is 0.222 e. The highest BCUT2D eigenvalue weighted by atomic mass is 35.5. The third-order valence-corrected chi connectivity index (χ3v) is 3.99. The number of carbonyl (C=O) groups is 1. The van der Waals surface area contributed by atoms with Crippen molar-refractivity contribution in [1.29, 1.82) is 0 Å². The van der Waals surface area contributed by atoms with Gasteiger partial charge in [-0.15, -0.1) is 12.4 Å². The predicted molar refractivity (Wildman–Crippen MR) is 90.9 cm³/mol. The molecule has 0 bridgehead atoms. The van der Waals surface area contributed by atoms with Gasteiger partial charge in [0.2, 0.25) is 5.91 Å². The quantitative estimate of drug-likeness (QED) is 0.799. The average molecular weight is 327 g/mol. The van der Waals surface area contributed by atoms with Crippen LogP contribution in [0, 0.1) is 5.92 Å².